The lowest BCUT2D eigenvalue weighted by molar-refractivity contribution is -0.137. The number of nitrogens with zero attached hydrogens (tertiary/aromatic N) is 3. The van der Waals surface area contributed by atoms with E-state index < -0.39 is 17.6 Å². The molecule has 39 heavy (non-hydrogen) atoms. The number of hydrogen-bond donors (Lipinski definition) is 0. The van der Waals surface area contributed by atoms with Gasteiger partial charge in [-0.1, -0.05) is 12.1 Å². The molecule has 1 amide bonds. The highest BCUT2D eigenvalue weighted by Gasteiger charge is 2.41. The number of hydrogen-bond acceptors (Lipinski definition) is 6. The molecule has 6 rings (SSSR count). The molecule has 4 atom stereocenters. The van der Waals surface area contributed by atoms with Gasteiger partial charge in [-0.2, -0.15) is 13.2 Å². The fraction of sp³-hybridized carbons (Fsp3) is 0.552. The van der Waals surface area contributed by atoms with Crippen molar-refractivity contribution in [2.45, 2.75) is 54.8 Å². The Morgan fingerprint density at radius 3 is 2.79 bits per heavy atom. The maximum Gasteiger partial charge on any atom is 0.416 e. The molecule has 3 aliphatic heterocycles. The molecule has 1 aromatic heterocycles. The standard InChI is InChI=1S/C29H32F3N3O3S/c30-29(31,32)21-5-3-18-7-10-34(28(37)24(18)13-21)15-23(36)12-20-14-35(22-8-11-38-17-22)16-26(20)39-25-6-4-19-2-1-9-33-27(19)25/h1-3,5,9,13,20,22,25-26H,4,6-8,10-12,14-17H2/t20?,22?,25?,26-/m0/s1. The summed E-state index contributed by atoms with van der Waals surface area (Å²) in [6, 6.07) is 7.82. The van der Waals surface area contributed by atoms with Crippen molar-refractivity contribution in [1.29, 1.82) is 0 Å². The van der Waals surface area contributed by atoms with Crippen LogP contribution in [0.1, 0.15) is 57.3 Å². The van der Waals surface area contributed by atoms with Crippen LogP contribution in [-0.4, -0.2) is 77.2 Å². The van der Waals surface area contributed by atoms with Gasteiger partial charge in [0.25, 0.3) is 5.91 Å². The number of ketones is 1. The summed E-state index contributed by atoms with van der Waals surface area (Å²) in [6.07, 6.45) is 1.18. The summed E-state index contributed by atoms with van der Waals surface area (Å²) in [5.41, 5.74) is 2.28. The van der Waals surface area contributed by atoms with Crippen LogP contribution in [0, 0.1) is 5.92 Å². The van der Waals surface area contributed by atoms with Crippen LogP contribution in [0.2, 0.25) is 0 Å². The summed E-state index contributed by atoms with van der Waals surface area (Å²) >= 11 is 1.93. The zero-order chi connectivity index (χ0) is 27.1. The Kier molecular flexibility index (Phi) is 7.45. The number of thioether (sulfide) groups is 1. The van der Waals surface area contributed by atoms with Gasteiger partial charge in [-0.25, -0.2) is 0 Å². The van der Waals surface area contributed by atoms with Crippen LogP contribution < -0.4 is 0 Å². The van der Waals surface area contributed by atoms with E-state index in [1.807, 2.05) is 24.0 Å². The van der Waals surface area contributed by atoms with E-state index in [-0.39, 0.29) is 29.1 Å². The van der Waals surface area contributed by atoms with E-state index in [9.17, 15) is 22.8 Å². The molecule has 0 radical (unpaired) electrons. The Hall–Kier alpha value is -2.43. The quantitative estimate of drug-likeness (QED) is 0.496. The van der Waals surface area contributed by atoms with E-state index >= 15 is 0 Å². The molecular formula is C29H32F3N3O3S. The minimum absolute atomic E-state index is 0.0381. The van der Waals surface area contributed by atoms with Gasteiger partial charge in [-0.15, -0.1) is 11.8 Å². The Labute approximate surface area is 230 Å². The Morgan fingerprint density at radius 1 is 1.13 bits per heavy atom. The van der Waals surface area contributed by atoms with E-state index in [2.05, 4.69) is 16.0 Å². The predicted octanol–water partition coefficient (Wildman–Crippen LogP) is 4.57. The number of likely N-dealkylation sites (tertiary alicyclic amines) is 1. The van der Waals surface area contributed by atoms with Gasteiger partial charge in [0.1, 0.15) is 0 Å². The van der Waals surface area contributed by atoms with Gasteiger partial charge in [0.15, 0.2) is 5.78 Å². The van der Waals surface area contributed by atoms with Gasteiger partial charge in [-0.3, -0.25) is 19.5 Å². The second-order valence-corrected chi connectivity index (χ2v) is 12.5. The minimum atomic E-state index is -4.52. The Balaban J connectivity index is 1.13. The molecule has 0 spiro atoms. The molecule has 4 heterocycles. The molecule has 4 aliphatic rings. The monoisotopic (exact) mass is 559 g/mol. The van der Waals surface area contributed by atoms with Crippen LogP contribution in [0.25, 0.3) is 0 Å². The molecule has 0 bridgehead atoms. The second-order valence-electron chi connectivity index (χ2n) is 11.1. The Bertz CT molecular complexity index is 1250. The average Bonchev–Trinajstić information content (AvgIpc) is 3.66. The molecule has 10 heteroatoms. The summed E-state index contributed by atoms with van der Waals surface area (Å²) in [4.78, 5) is 34.9. The molecular weight excluding hydrogens is 527 g/mol. The van der Waals surface area contributed by atoms with Crippen molar-refractivity contribution in [2.24, 2.45) is 5.92 Å². The number of pyridine rings is 1. The normalized spacial score (nSPS) is 27.2. The molecule has 1 aliphatic carbocycles. The van der Waals surface area contributed by atoms with E-state index in [4.69, 9.17) is 4.74 Å². The number of halogens is 3. The summed E-state index contributed by atoms with van der Waals surface area (Å²) in [7, 11) is 0. The largest absolute Gasteiger partial charge is 0.416 e. The highest BCUT2D eigenvalue weighted by atomic mass is 32.2. The van der Waals surface area contributed by atoms with Crippen LogP contribution in [0.15, 0.2) is 36.5 Å². The fourth-order valence-electron chi connectivity index (χ4n) is 6.47. The van der Waals surface area contributed by atoms with Crippen LogP contribution >= 0.6 is 11.8 Å². The average molecular weight is 560 g/mol. The van der Waals surface area contributed by atoms with Gasteiger partial charge in [0.2, 0.25) is 0 Å². The van der Waals surface area contributed by atoms with Crippen molar-refractivity contribution in [3.63, 3.8) is 0 Å². The lowest BCUT2D eigenvalue weighted by Crippen LogP contribution is -2.41. The number of ether oxygens (including phenoxy) is 1. The molecule has 2 aromatic rings. The summed E-state index contributed by atoms with van der Waals surface area (Å²) in [5, 5.41) is 0.575. The first kappa shape index (κ1) is 26.8. The van der Waals surface area contributed by atoms with Crippen molar-refractivity contribution in [1.82, 2.24) is 14.8 Å². The SMILES string of the molecule is O=C(CC1CN(C2CCOC2)C[C@@H]1SC1CCc2cccnc21)CN1CCc2ccc(C(F)(F)F)cc2C1=O. The van der Waals surface area contributed by atoms with E-state index in [0.717, 1.165) is 56.8 Å². The van der Waals surface area contributed by atoms with Crippen LogP contribution in [-0.2, 0) is 28.5 Å². The van der Waals surface area contributed by atoms with E-state index in [0.29, 0.717) is 42.8 Å². The van der Waals surface area contributed by atoms with E-state index in [1.165, 1.54) is 16.5 Å². The smallest absolute Gasteiger partial charge is 0.380 e. The van der Waals surface area contributed by atoms with Gasteiger partial charge >= 0.3 is 6.18 Å². The first-order valence-electron chi connectivity index (χ1n) is 13.7. The predicted molar refractivity (Wildman–Crippen MR) is 142 cm³/mol. The zero-order valence-corrected chi connectivity index (χ0v) is 22.5. The number of rotatable bonds is 7. The fourth-order valence-corrected chi connectivity index (χ4v) is 8.17. The number of alkyl halides is 3. The third kappa shape index (κ3) is 5.60. The van der Waals surface area contributed by atoms with Crippen molar-refractivity contribution in [2.75, 3.05) is 39.4 Å². The number of carbonyl (C=O) groups excluding carboxylic acids is 2. The molecule has 208 valence electrons. The number of aromatic nitrogens is 1. The lowest BCUT2D eigenvalue weighted by Gasteiger charge is -2.29. The molecule has 3 unspecified atom stereocenters. The summed E-state index contributed by atoms with van der Waals surface area (Å²) in [6.45, 7) is 3.45. The van der Waals surface area contributed by atoms with Crippen molar-refractivity contribution >= 4 is 23.5 Å². The zero-order valence-electron chi connectivity index (χ0n) is 21.7. The minimum Gasteiger partial charge on any atom is -0.380 e. The molecule has 0 N–H and O–H groups in total. The third-order valence-corrected chi connectivity index (χ3v) is 10.2. The topological polar surface area (TPSA) is 62.7 Å². The summed E-state index contributed by atoms with van der Waals surface area (Å²) < 4.78 is 45.3. The number of aryl methyl sites for hydroxylation is 1. The highest BCUT2D eigenvalue weighted by molar-refractivity contribution is 8.00. The number of amides is 1. The molecule has 1 aromatic carbocycles. The van der Waals surface area contributed by atoms with Crippen molar-refractivity contribution in [3.8, 4) is 0 Å². The van der Waals surface area contributed by atoms with Gasteiger partial charge in [-0.05, 0) is 60.9 Å². The van der Waals surface area contributed by atoms with Crippen LogP contribution in [0.4, 0.5) is 13.2 Å². The molecule has 0 saturated carbocycles. The lowest BCUT2D eigenvalue weighted by atomic mass is 9.95. The van der Waals surface area contributed by atoms with Crippen LogP contribution in [0.5, 0.6) is 0 Å². The highest BCUT2D eigenvalue weighted by Crippen LogP contribution is 2.46. The second kappa shape index (κ2) is 10.9. The number of benzene rings is 1. The van der Waals surface area contributed by atoms with Gasteiger partial charge in [0.05, 0.1) is 24.4 Å². The first-order valence-corrected chi connectivity index (χ1v) is 14.6. The van der Waals surface area contributed by atoms with E-state index in [1.54, 1.807) is 0 Å². The maximum atomic E-state index is 13.3. The van der Waals surface area contributed by atoms with Crippen LogP contribution in [0.3, 0.4) is 0 Å². The number of Topliss-reactive ketones (excluding diaryl/α,β-unsaturated/α-hetero) is 1. The Morgan fingerprint density at radius 2 is 2.00 bits per heavy atom. The maximum absolute atomic E-state index is 13.3. The van der Waals surface area contributed by atoms with Crippen molar-refractivity contribution < 1.29 is 27.5 Å². The van der Waals surface area contributed by atoms with Gasteiger partial charge < -0.3 is 9.64 Å². The number of carbonyl (C=O) groups is 2. The summed E-state index contributed by atoms with van der Waals surface area (Å²) in [5.74, 6) is -0.393. The van der Waals surface area contributed by atoms with Gasteiger partial charge in [0, 0.05) is 61.0 Å². The number of fused-ring (bicyclic) bond motifs is 2. The first-order chi connectivity index (χ1) is 18.8. The molecule has 6 nitrogen and oxygen atoms in total. The molecule has 2 saturated heterocycles. The molecule has 2 fully saturated rings. The van der Waals surface area contributed by atoms with Crippen molar-refractivity contribution in [3.05, 3.63) is 64.5 Å². The third-order valence-electron chi connectivity index (χ3n) is 8.54.